The molecular formula is C14H12Br2N2. The molecule has 0 atom stereocenters. The van der Waals surface area contributed by atoms with Crippen LogP contribution in [0, 0.1) is 13.8 Å². The van der Waals surface area contributed by atoms with Crippen LogP contribution in [0.2, 0.25) is 0 Å². The van der Waals surface area contributed by atoms with E-state index in [4.69, 9.17) is 0 Å². The lowest BCUT2D eigenvalue weighted by Gasteiger charge is -2.00. The summed E-state index contributed by atoms with van der Waals surface area (Å²) >= 11 is 6.93. The van der Waals surface area contributed by atoms with E-state index >= 15 is 0 Å². The average molecular weight is 368 g/mol. The molecule has 0 radical (unpaired) electrons. The Morgan fingerprint density at radius 3 is 1.44 bits per heavy atom. The van der Waals surface area contributed by atoms with Crippen LogP contribution in [0.4, 0.5) is 11.4 Å². The Morgan fingerprint density at radius 1 is 0.722 bits per heavy atom. The van der Waals surface area contributed by atoms with Crippen molar-refractivity contribution >= 4 is 43.2 Å². The van der Waals surface area contributed by atoms with Crippen molar-refractivity contribution in [2.75, 3.05) is 0 Å². The van der Waals surface area contributed by atoms with E-state index in [1.807, 2.05) is 50.2 Å². The van der Waals surface area contributed by atoms with Gasteiger partial charge in [0.1, 0.15) is 0 Å². The lowest BCUT2D eigenvalue weighted by Crippen LogP contribution is -1.75. The lowest BCUT2D eigenvalue weighted by molar-refractivity contribution is 1.21. The maximum Gasteiger partial charge on any atom is 0.0860 e. The molecule has 0 heterocycles. The minimum absolute atomic E-state index is 0.858. The minimum atomic E-state index is 0.858. The average Bonchev–Trinajstić information content (AvgIpc) is 2.35. The van der Waals surface area contributed by atoms with Gasteiger partial charge in [-0.15, -0.1) is 0 Å². The van der Waals surface area contributed by atoms with Gasteiger partial charge in [-0.2, -0.15) is 10.2 Å². The summed E-state index contributed by atoms with van der Waals surface area (Å²) in [7, 11) is 0. The summed E-state index contributed by atoms with van der Waals surface area (Å²) < 4.78 is 2.17. The number of hydrogen-bond donors (Lipinski definition) is 0. The second-order valence-electron chi connectivity index (χ2n) is 4.07. The molecule has 0 fully saturated rings. The number of halogens is 2. The first-order chi connectivity index (χ1) is 8.56. The van der Waals surface area contributed by atoms with Crippen LogP contribution >= 0.6 is 31.9 Å². The first kappa shape index (κ1) is 13.4. The van der Waals surface area contributed by atoms with Crippen LogP contribution in [0.1, 0.15) is 11.1 Å². The van der Waals surface area contributed by atoms with E-state index < -0.39 is 0 Å². The van der Waals surface area contributed by atoms with Crippen molar-refractivity contribution in [3.05, 3.63) is 56.5 Å². The van der Waals surface area contributed by atoms with Gasteiger partial charge in [-0.3, -0.25) is 0 Å². The molecule has 2 nitrogen and oxygen atoms in total. The molecule has 0 bridgehead atoms. The Hall–Kier alpha value is -1.00. The van der Waals surface area contributed by atoms with Crippen LogP contribution in [0.25, 0.3) is 0 Å². The second-order valence-corrected chi connectivity index (χ2v) is 5.78. The SMILES string of the molecule is Cc1cc(N=Nc2ccc(Br)c(C)c2)ccc1Br. The predicted molar refractivity (Wildman–Crippen MR) is 81.9 cm³/mol. The minimum Gasteiger partial charge on any atom is -0.151 e. The Morgan fingerprint density at radius 2 is 1.11 bits per heavy atom. The van der Waals surface area contributed by atoms with Crippen molar-refractivity contribution in [1.82, 2.24) is 0 Å². The summed E-state index contributed by atoms with van der Waals surface area (Å²) in [5, 5.41) is 8.48. The van der Waals surface area contributed by atoms with Crippen molar-refractivity contribution in [2.24, 2.45) is 10.2 Å². The van der Waals surface area contributed by atoms with E-state index in [1.165, 1.54) is 0 Å². The summed E-state index contributed by atoms with van der Waals surface area (Å²) in [6.45, 7) is 4.07. The van der Waals surface area contributed by atoms with Crippen LogP contribution in [0.5, 0.6) is 0 Å². The summed E-state index contributed by atoms with van der Waals surface area (Å²) in [5.74, 6) is 0. The molecule has 0 N–H and O–H groups in total. The van der Waals surface area contributed by atoms with Gasteiger partial charge in [0.2, 0.25) is 0 Å². The largest absolute Gasteiger partial charge is 0.151 e. The molecule has 4 heteroatoms. The molecular weight excluding hydrogens is 356 g/mol. The van der Waals surface area contributed by atoms with Gasteiger partial charge in [0.05, 0.1) is 11.4 Å². The molecule has 2 aromatic carbocycles. The first-order valence-electron chi connectivity index (χ1n) is 5.50. The fourth-order valence-electron chi connectivity index (χ4n) is 1.50. The van der Waals surface area contributed by atoms with Crippen molar-refractivity contribution in [2.45, 2.75) is 13.8 Å². The molecule has 2 aromatic rings. The van der Waals surface area contributed by atoms with E-state index in [0.29, 0.717) is 0 Å². The normalized spacial score (nSPS) is 11.1. The molecule has 0 aromatic heterocycles. The van der Waals surface area contributed by atoms with Gasteiger partial charge in [0.25, 0.3) is 0 Å². The molecule has 0 spiro atoms. The molecule has 92 valence electrons. The highest BCUT2D eigenvalue weighted by molar-refractivity contribution is 9.10. The van der Waals surface area contributed by atoms with Gasteiger partial charge in [0, 0.05) is 8.95 Å². The molecule has 0 aliphatic rings. The van der Waals surface area contributed by atoms with Gasteiger partial charge in [0.15, 0.2) is 0 Å². The standard InChI is InChI=1S/C14H12Br2N2/c1-9-7-11(3-5-13(9)15)17-18-12-4-6-14(16)10(2)8-12/h3-8H,1-2H3. The summed E-state index contributed by atoms with van der Waals surface area (Å²) in [5.41, 5.74) is 4.02. The summed E-state index contributed by atoms with van der Waals surface area (Å²) in [4.78, 5) is 0. The molecule has 0 saturated carbocycles. The number of rotatable bonds is 2. The third-order valence-electron chi connectivity index (χ3n) is 2.56. The van der Waals surface area contributed by atoms with E-state index in [0.717, 1.165) is 31.4 Å². The molecule has 0 unspecified atom stereocenters. The Balaban J connectivity index is 2.24. The van der Waals surface area contributed by atoms with Crippen molar-refractivity contribution in [3.8, 4) is 0 Å². The predicted octanol–water partition coefficient (Wildman–Crippen LogP) is 6.24. The van der Waals surface area contributed by atoms with Crippen molar-refractivity contribution in [1.29, 1.82) is 0 Å². The fraction of sp³-hybridized carbons (Fsp3) is 0.143. The molecule has 18 heavy (non-hydrogen) atoms. The van der Waals surface area contributed by atoms with Crippen molar-refractivity contribution in [3.63, 3.8) is 0 Å². The molecule has 0 saturated heterocycles. The number of azo groups is 1. The van der Waals surface area contributed by atoms with Gasteiger partial charge in [-0.05, 0) is 61.4 Å². The summed E-state index contributed by atoms with van der Waals surface area (Å²) in [6.07, 6.45) is 0. The smallest absolute Gasteiger partial charge is 0.0860 e. The molecule has 0 aliphatic carbocycles. The topological polar surface area (TPSA) is 24.7 Å². The monoisotopic (exact) mass is 366 g/mol. The molecule has 0 amide bonds. The number of nitrogens with zero attached hydrogens (tertiary/aromatic N) is 2. The zero-order valence-electron chi connectivity index (χ0n) is 10.1. The van der Waals surface area contributed by atoms with Gasteiger partial charge in [-0.1, -0.05) is 31.9 Å². The third-order valence-corrected chi connectivity index (χ3v) is 4.34. The highest BCUT2D eigenvalue weighted by Crippen LogP contribution is 2.26. The van der Waals surface area contributed by atoms with Crippen LogP contribution in [0.15, 0.2) is 55.6 Å². The highest BCUT2D eigenvalue weighted by Gasteiger charge is 1.98. The molecule has 0 aliphatic heterocycles. The zero-order valence-corrected chi connectivity index (χ0v) is 13.3. The van der Waals surface area contributed by atoms with Crippen LogP contribution < -0.4 is 0 Å². The Kier molecular flexibility index (Phi) is 4.30. The third kappa shape index (κ3) is 3.27. The second kappa shape index (κ2) is 5.76. The maximum absolute atomic E-state index is 4.24. The van der Waals surface area contributed by atoms with E-state index in [1.54, 1.807) is 0 Å². The maximum atomic E-state index is 4.24. The highest BCUT2D eigenvalue weighted by atomic mass is 79.9. The zero-order chi connectivity index (χ0) is 13.1. The van der Waals surface area contributed by atoms with E-state index in [9.17, 15) is 0 Å². The van der Waals surface area contributed by atoms with E-state index in [-0.39, 0.29) is 0 Å². The Bertz CT molecular complexity index is 553. The molecule has 2 rings (SSSR count). The van der Waals surface area contributed by atoms with Gasteiger partial charge < -0.3 is 0 Å². The summed E-state index contributed by atoms with van der Waals surface area (Å²) in [6, 6.07) is 11.8. The quantitative estimate of drug-likeness (QED) is 0.561. The van der Waals surface area contributed by atoms with Crippen molar-refractivity contribution < 1.29 is 0 Å². The Labute approximate surface area is 123 Å². The van der Waals surface area contributed by atoms with Crippen LogP contribution in [-0.4, -0.2) is 0 Å². The fourth-order valence-corrected chi connectivity index (χ4v) is 1.99. The van der Waals surface area contributed by atoms with Gasteiger partial charge in [-0.25, -0.2) is 0 Å². The van der Waals surface area contributed by atoms with Crippen LogP contribution in [0.3, 0.4) is 0 Å². The lowest BCUT2D eigenvalue weighted by atomic mass is 10.2. The van der Waals surface area contributed by atoms with Crippen LogP contribution in [-0.2, 0) is 0 Å². The number of hydrogen-bond acceptors (Lipinski definition) is 2. The number of benzene rings is 2. The number of aryl methyl sites for hydroxylation is 2. The van der Waals surface area contributed by atoms with Gasteiger partial charge >= 0.3 is 0 Å². The first-order valence-corrected chi connectivity index (χ1v) is 7.09. The van der Waals surface area contributed by atoms with E-state index in [2.05, 4.69) is 42.1 Å².